The van der Waals surface area contributed by atoms with Gasteiger partial charge in [-0.3, -0.25) is 14.4 Å². The van der Waals surface area contributed by atoms with Crippen molar-refractivity contribution >= 4 is 17.7 Å². The highest BCUT2D eigenvalue weighted by Crippen LogP contribution is 2.24. The van der Waals surface area contributed by atoms with Crippen LogP contribution in [0.15, 0.2) is 24.3 Å². The third kappa shape index (κ3) is 44.1. The molecular weight excluding hydrogens is 785 g/mol. The van der Waals surface area contributed by atoms with Crippen LogP contribution in [0.25, 0.3) is 0 Å². The monoisotopic (exact) mass is 897 g/mol. The lowest BCUT2D eigenvalue weighted by molar-refractivity contribution is -0.166. The molecule has 0 aromatic heterocycles. The normalized spacial score (nSPS) is 12.8. The van der Waals surface area contributed by atoms with Gasteiger partial charge in [0.05, 0.1) is 5.92 Å². The lowest BCUT2D eigenvalue weighted by Crippen LogP contribution is -2.30. The molecule has 0 rings (SSSR count). The summed E-state index contributed by atoms with van der Waals surface area (Å²) in [6.45, 7) is 9.07. The highest BCUT2D eigenvalue weighted by Gasteiger charge is 2.31. The summed E-state index contributed by atoms with van der Waals surface area (Å²) >= 11 is 0. The number of rotatable bonds is 52. The van der Waals surface area contributed by atoms with E-state index in [1.54, 1.807) is 0 Å². The van der Waals surface area contributed by atoms with Crippen LogP contribution < -0.4 is 0 Å². The number of hydrogen-bond acceptors (Lipinski definition) is 4. The van der Waals surface area contributed by atoms with E-state index in [2.05, 4.69) is 52.0 Å². The van der Waals surface area contributed by atoms with E-state index in [0.29, 0.717) is 12.8 Å². The van der Waals surface area contributed by atoms with Crippen LogP contribution in [0.4, 0.5) is 0 Å². The number of hydrogen-bond donors (Lipinski definition) is 0. The molecule has 4 nitrogen and oxygen atoms in total. The van der Waals surface area contributed by atoms with Gasteiger partial charge in [-0.15, -0.1) is 0 Å². The predicted octanol–water partition coefficient (Wildman–Crippen LogP) is 20.4. The summed E-state index contributed by atoms with van der Waals surface area (Å²) < 4.78 is 5.74. The van der Waals surface area contributed by atoms with Gasteiger partial charge in [0, 0.05) is 6.42 Å². The number of unbranched alkanes of at least 4 members (excludes halogenated alkanes) is 37. The van der Waals surface area contributed by atoms with E-state index in [0.717, 1.165) is 96.3 Å². The third-order valence-corrected chi connectivity index (χ3v) is 13.7. The zero-order valence-electron chi connectivity index (χ0n) is 43.8. The number of ketones is 1. The summed E-state index contributed by atoms with van der Waals surface area (Å²) in [6.07, 6.45) is 64.6. The van der Waals surface area contributed by atoms with E-state index in [9.17, 15) is 14.4 Å². The lowest BCUT2D eigenvalue weighted by atomic mass is 9.92. The van der Waals surface area contributed by atoms with Crippen LogP contribution in [0.5, 0.6) is 0 Å². The molecule has 2 atom stereocenters. The van der Waals surface area contributed by atoms with Crippen LogP contribution in [-0.2, 0) is 19.1 Å². The molecular formula is C60H112O4. The summed E-state index contributed by atoms with van der Waals surface area (Å²) in [5, 5.41) is 0. The van der Waals surface area contributed by atoms with E-state index >= 15 is 0 Å². The van der Waals surface area contributed by atoms with Gasteiger partial charge in [0.15, 0.2) is 0 Å². The van der Waals surface area contributed by atoms with E-state index < -0.39 is 11.9 Å². The van der Waals surface area contributed by atoms with E-state index in [1.807, 2.05) is 0 Å². The van der Waals surface area contributed by atoms with Crippen molar-refractivity contribution in [3.63, 3.8) is 0 Å². The van der Waals surface area contributed by atoms with Gasteiger partial charge in [-0.2, -0.15) is 0 Å². The van der Waals surface area contributed by atoms with Gasteiger partial charge in [-0.1, -0.05) is 270 Å². The van der Waals surface area contributed by atoms with Crippen molar-refractivity contribution in [1.29, 1.82) is 0 Å². The summed E-state index contributed by atoms with van der Waals surface area (Å²) in [5.74, 6) is -1.99. The van der Waals surface area contributed by atoms with Gasteiger partial charge >= 0.3 is 11.9 Å². The first kappa shape index (κ1) is 62.3. The van der Waals surface area contributed by atoms with Crippen LogP contribution >= 0.6 is 0 Å². The Labute approximate surface area is 400 Å². The molecule has 2 unspecified atom stereocenters. The molecule has 0 radical (unpaired) electrons. The van der Waals surface area contributed by atoms with Crippen LogP contribution in [0.2, 0.25) is 0 Å². The summed E-state index contributed by atoms with van der Waals surface area (Å²) in [7, 11) is 0. The van der Waals surface area contributed by atoms with Gasteiger partial charge in [0.2, 0.25) is 0 Å². The van der Waals surface area contributed by atoms with Gasteiger partial charge in [0.1, 0.15) is 11.7 Å². The minimum atomic E-state index is -0.806. The Bertz CT molecular complexity index is 1040. The molecule has 0 bridgehead atoms. The quantitative estimate of drug-likeness (QED) is 0.0264. The van der Waals surface area contributed by atoms with Crippen LogP contribution in [0, 0.1) is 11.8 Å². The standard InChI is InChI=1S/C60H112O4/c1-5-9-13-17-21-25-28-30-32-34-36-39-43-47-51-55-58(61)57(54-50-46-42-38-35-33-31-29-26-22-18-14-10-6-2)60(63)64-59(62)56(52-48-44-40-24-20-16-12-8-4)53-49-45-41-37-27-23-19-15-11-7-3/h30-33,56-57H,5-29,34-55H2,1-4H3/b32-30-,33-31-. The van der Waals surface area contributed by atoms with Crippen molar-refractivity contribution in [1.82, 2.24) is 0 Å². The first-order chi connectivity index (χ1) is 31.5. The average molecular weight is 898 g/mol. The smallest absolute Gasteiger partial charge is 0.324 e. The highest BCUT2D eigenvalue weighted by molar-refractivity contribution is 6.02. The van der Waals surface area contributed by atoms with Gasteiger partial charge < -0.3 is 4.74 Å². The topological polar surface area (TPSA) is 60.4 Å². The van der Waals surface area contributed by atoms with Gasteiger partial charge in [-0.25, -0.2) is 0 Å². The third-order valence-electron chi connectivity index (χ3n) is 13.7. The highest BCUT2D eigenvalue weighted by atomic mass is 16.6. The van der Waals surface area contributed by atoms with Crippen LogP contribution in [-0.4, -0.2) is 17.7 Å². The lowest BCUT2D eigenvalue weighted by Gasteiger charge is -2.18. The predicted molar refractivity (Wildman–Crippen MR) is 281 cm³/mol. The summed E-state index contributed by atoms with van der Waals surface area (Å²) in [5.41, 5.74) is 0. The SMILES string of the molecule is CCCCCCCC/C=C\CCCCCCCC(=O)C(CCCCCC/C=C\CCCCCCCC)C(=O)OC(=O)C(CCCCCCCCCC)CCCCCCCCCCCC. The first-order valence-electron chi connectivity index (χ1n) is 29.1. The van der Waals surface area contributed by atoms with Crippen molar-refractivity contribution in [2.45, 2.75) is 329 Å². The Morgan fingerprint density at radius 3 is 0.906 bits per heavy atom. The van der Waals surface area contributed by atoms with Crippen molar-refractivity contribution in [3.05, 3.63) is 24.3 Å². The number of allylic oxidation sites excluding steroid dienone is 4. The maximum Gasteiger partial charge on any atom is 0.324 e. The molecule has 0 saturated carbocycles. The minimum absolute atomic E-state index is 0.0117. The van der Waals surface area contributed by atoms with Crippen molar-refractivity contribution in [3.8, 4) is 0 Å². The Morgan fingerprint density at radius 2 is 0.578 bits per heavy atom. The molecule has 376 valence electrons. The van der Waals surface area contributed by atoms with Gasteiger partial charge in [0.25, 0.3) is 0 Å². The number of carbonyl (C=O) groups is 3. The fourth-order valence-electron chi connectivity index (χ4n) is 9.23. The number of Topliss-reactive ketones (excluding diaryl/α,β-unsaturated/α-hetero) is 1. The Kier molecular flexibility index (Phi) is 50.9. The van der Waals surface area contributed by atoms with Gasteiger partial charge in [-0.05, 0) is 77.0 Å². The van der Waals surface area contributed by atoms with Crippen LogP contribution in [0.3, 0.4) is 0 Å². The average Bonchev–Trinajstić information content (AvgIpc) is 3.29. The van der Waals surface area contributed by atoms with Crippen molar-refractivity contribution < 1.29 is 19.1 Å². The molecule has 64 heavy (non-hydrogen) atoms. The second-order valence-corrected chi connectivity index (χ2v) is 20.0. The summed E-state index contributed by atoms with van der Waals surface area (Å²) in [4.78, 5) is 41.3. The molecule has 0 heterocycles. The van der Waals surface area contributed by atoms with E-state index in [1.165, 1.54) is 193 Å². The van der Waals surface area contributed by atoms with Crippen LogP contribution in [0.1, 0.15) is 329 Å². The maximum absolute atomic E-state index is 13.8. The van der Waals surface area contributed by atoms with E-state index in [4.69, 9.17) is 4.74 Å². The largest absolute Gasteiger partial charge is 0.392 e. The molecule has 0 aliphatic carbocycles. The number of esters is 2. The Hall–Kier alpha value is -1.71. The zero-order valence-corrected chi connectivity index (χ0v) is 43.8. The molecule has 0 aliphatic heterocycles. The zero-order chi connectivity index (χ0) is 46.7. The molecule has 4 heteroatoms. The molecule has 0 aliphatic rings. The second kappa shape index (κ2) is 52.3. The van der Waals surface area contributed by atoms with E-state index in [-0.39, 0.29) is 17.7 Å². The molecule has 0 fully saturated rings. The molecule has 0 spiro atoms. The molecule has 0 saturated heterocycles. The Balaban J connectivity index is 5.11. The first-order valence-corrected chi connectivity index (χ1v) is 29.1. The molecule has 0 aromatic carbocycles. The fraction of sp³-hybridized carbons (Fsp3) is 0.883. The summed E-state index contributed by atoms with van der Waals surface area (Å²) in [6, 6.07) is 0. The number of carbonyl (C=O) groups excluding carboxylic acids is 3. The fourth-order valence-corrected chi connectivity index (χ4v) is 9.23. The maximum atomic E-state index is 13.8. The van der Waals surface area contributed by atoms with Crippen molar-refractivity contribution in [2.75, 3.05) is 0 Å². The molecule has 0 aromatic rings. The molecule has 0 amide bonds. The van der Waals surface area contributed by atoms with Crippen molar-refractivity contribution in [2.24, 2.45) is 11.8 Å². The second-order valence-electron chi connectivity index (χ2n) is 20.0. The molecule has 0 N–H and O–H groups in total. The Morgan fingerprint density at radius 1 is 0.312 bits per heavy atom. The number of ether oxygens (including phenoxy) is 1. The minimum Gasteiger partial charge on any atom is -0.392 e.